The van der Waals surface area contributed by atoms with E-state index in [1.807, 2.05) is 6.07 Å². The Hall–Kier alpha value is -0.600. The van der Waals surface area contributed by atoms with Crippen molar-refractivity contribution in [3.05, 3.63) is 34.6 Å². The Balaban J connectivity index is 2.19. The first-order valence-electron chi connectivity index (χ1n) is 6.03. The van der Waals surface area contributed by atoms with Crippen LogP contribution in [0.1, 0.15) is 38.7 Å². The standard InChI is InChI=1S/C14H19ClFN/c1-13(2)6-7-14(17,9-13)8-10-4-3-5-11(16)12(10)15/h3-5H,6-9,17H2,1-2H3. The molecule has 0 radical (unpaired) electrons. The first-order chi connectivity index (χ1) is 7.81. The highest BCUT2D eigenvalue weighted by Gasteiger charge is 2.40. The summed E-state index contributed by atoms with van der Waals surface area (Å²) in [4.78, 5) is 0. The van der Waals surface area contributed by atoms with Crippen molar-refractivity contribution >= 4 is 11.6 Å². The van der Waals surface area contributed by atoms with E-state index < -0.39 is 0 Å². The Morgan fingerprint density at radius 3 is 2.65 bits per heavy atom. The molecule has 1 nitrogen and oxygen atoms in total. The molecule has 0 spiro atoms. The molecule has 0 saturated heterocycles. The average molecular weight is 256 g/mol. The zero-order valence-electron chi connectivity index (χ0n) is 10.4. The fourth-order valence-electron chi connectivity index (χ4n) is 2.93. The minimum atomic E-state index is -0.356. The van der Waals surface area contributed by atoms with Crippen molar-refractivity contribution in [2.75, 3.05) is 0 Å². The summed E-state index contributed by atoms with van der Waals surface area (Å²) in [7, 11) is 0. The maximum absolute atomic E-state index is 13.4. The number of hydrogen-bond acceptors (Lipinski definition) is 1. The molecular weight excluding hydrogens is 237 g/mol. The minimum Gasteiger partial charge on any atom is -0.325 e. The fourth-order valence-corrected chi connectivity index (χ4v) is 3.13. The third kappa shape index (κ3) is 2.80. The zero-order valence-corrected chi connectivity index (χ0v) is 11.1. The van der Waals surface area contributed by atoms with Gasteiger partial charge in [-0.2, -0.15) is 0 Å². The lowest BCUT2D eigenvalue weighted by atomic mass is 9.85. The van der Waals surface area contributed by atoms with E-state index in [-0.39, 0.29) is 21.8 Å². The molecule has 1 aliphatic rings. The SMILES string of the molecule is CC1(C)CCC(N)(Cc2cccc(F)c2Cl)C1. The molecule has 94 valence electrons. The largest absolute Gasteiger partial charge is 0.325 e. The van der Waals surface area contributed by atoms with Crippen LogP contribution in [0.15, 0.2) is 18.2 Å². The molecule has 3 heteroatoms. The van der Waals surface area contributed by atoms with Gasteiger partial charge in [0.2, 0.25) is 0 Å². The van der Waals surface area contributed by atoms with E-state index in [4.69, 9.17) is 17.3 Å². The van der Waals surface area contributed by atoms with Gasteiger partial charge in [-0.15, -0.1) is 0 Å². The van der Waals surface area contributed by atoms with Gasteiger partial charge in [-0.25, -0.2) is 4.39 Å². The Bertz CT molecular complexity index is 430. The van der Waals surface area contributed by atoms with Gasteiger partial charge in [0.05, 0.1) is 5.02 Å². The number of rotatable bonds is 2. The quantitative estimate of drug-likeness (QED) is 0.851. The number of hydrogen-bond donors (Lipinski definition) is 1. The fraction of sp³-hybridized carbons (Fsp3) is 0.571. The molecule has 0 aromatic heterocycles. The summed E-state index contributed by atoms with van der Waals surface area (Å²) < 4.78 is 13.4. The summed E-state index contributed by atoms with van der Waals surface area (Å²) in [6, 6.07) is 4.94. The Morgan fingerprint density at radius 2 is 2.06 bits per heavy atom. The van der Waals surface area contributed by atoms with Gasteiger partial charge in [0.15, 0.2) is 0 Å². The van der Waals surface area contributed by atoms with Crippen LogP contribution in [0.4, 0.5) is 4.39 Å². The Morgan fingerprint density at radius 1 is 1.35 bits per heavy atom. The van der Waals surface area contributed by atoms with Crippen LogP contribution in [-0.2, 0) is 6.42 Å². The van der Waals surface area contributed by atoms with Gasteiger partial charge >= 0.3 is 0 Å². The van der Waals surface area contributed by atoms with E-state index in [0.717, 1.165) is 24.8 Å². The summed E-state index contributed by atoms with van der Waals surface area (Å²) in [5, 5.41) is 0.224. The van der Waals surface area contributed by atoms with E-state index in [1.54, 1.807) is 6.07 Å². The molecule has 1 aromatic carbocycles. The minimum absolute atomic E-state index is 0.224. The summed E-state index contributed by atoms with van der Waals surface area (Å²) in [6.07, 6.45) is 3.73. The molecule has 2 N–H and O–H groups in total. The zero-order chi connectivity index (χ0) is 12.7. The van der Waals surface area contributed by atoms with E-state index in [0.29, 0.717) is 6.42 Å². The van der Waals surface area contributed by atoms with Crippen molar-refractivity contribution in [2.24, 2.45) is 11.1 Å². The molecule has 1 aliphatic carbocycles. The van der Waals surface area contributed by atoms with Crippen LogP contribution in [0.2, 0.25) is 5.02 Å². The topological polar surface area (TPSA) is 26.0 Å². The van der Waals surface area contributed by atoms with Gasteiger partial charge in [0.1, 0.15) is 5.82 Å². The third-order valence-electron chi connectivity index (χ3n) is 3.70. The highest BCUT2D eigenvalue weighted by atomic mass is 35.5. The maximum Gasteiger partial charge on any atom is 0.142 e. The van der Waals surface area contributed by atoms with E-state index in [1.165, 1.54) is 6.07 Å². The number of benzene rings is 1. The van der Waals surface area contributed by atoms with Gasteiger partial charge < -0.3 is 5.73 Å². The van der Waals surface area contributed by atoms with E-state index in [2.05, 4.69) is 13.8 Å². The van der Waals surface area contributed by atoms with Gasteiger partial charge in [-0.1, -0.05) is 37.6 Å². The summed E-state index contributed by atoms with van der Waals surface area (Å²) >= 11 is 5.97. The van der Waals surface area contributed by atoms with Crippen molar-refractivity contribution in [1.29, 1.82) is 0 Å². The molecule has 17 heavy (non-hydrogen) atoms. The second-order valence-electron chi connectivity index (χ2n) is 6.09. The Kier molecular flexibility index (Phi) is 3.21. The first kappa shape index (κ1) is 12.8. The average Bonchev–Trinajstić information content (AvgIpc) is 2.49. The molecule has 0 amide bonds. The molecule has 1 fully saturated rings. The summed E-state index contributed by atoms with van der Waals surface area (Å²) in [5.74, 6) is -0.356. The molecule has 0 heterocycles. The molecule has 0 aliphatic heterocycles. The second kappa shape index (κ2) is 4.25. The van der Waals surface area contributed by atoms with Crippen molar-refractivity contribution in [3.8, 4) is 0 Å². The number of nitrogens with two attached hydrogens (primary N) is 1. The lowest BCUT2D eigenvalue weighted by Gasteiger charge is -2.27. The molecule has 0 bridgehead atoms. The van der Waals surface area contributed by atoms with Crippen molar-refractivity contribution in [1.82, 2.24) is 0 Å². The van der Waals surface area contributed by atoms with Crippen LogP contribution in [0, 0.1) is 11.2 Å². The summed E-state index contributed by atoms with van der Waals surface area (Å²) in [6.45, 7) is 4.46. The van der Waals surface area contributed by atoms with Gasteiger partial charge in [0.25, 0.3) is 0 Å². The lowest BCUT2D eigenvalue weighted by molar-refractivity contribution is 0.334. The summed E-state index contributed by atoms with van der Waals surface area (Å²) in [5.41, 5.74) is 7.28. The van der Waals surface area contributed by atoms with Crippen LogP contribution < -0.4 is 5.73 Å². The van der Waals surface area contributed by atoms with E-state index in [9.17, 15) is 4.39 Å². The van der Waals surface area contributed by atoms with Crippen LogP contribution in [-0.4, -0.2) is 5.54 Å². The van der Waals surface area contributed by atoms with Crippen LogP contribution in [0.3, 0.4) is 0 Å². The first-order valence-corrected chi connectivity index (χ1v) is 6.41. The van der Waals surface area contributed by atoms with E-state index >= 15 is 0 Å². The third-order valence-corrected chi connectivity index (χ3v) is 4.13. The predicted octanol–water partition coefficient (Wildman–Crippen LogP) is 3.93. The lowest BCUT2D eigenvalue weighted by Crippen LogP contribution is -2.40. The van der Waals surface area contributed by atoms with Crippen molar-refractivity contribution < 1.29 is 4.39 Å². The molecule has 2 rings (SSSR count). The van der Waals surface area contributed by atoms with Gasteiger partial charge in [-0.05, 0) is 42.7 Å². The second-order valence-corrected chi connectivity index (χ2v) is 6.47. The highest BCUT2D eigenvalue weighted by molar-refractivity contribution is 6.31. The highest BCUT2D eigenvalue weighted by Crippen LogP contribution is 2.44. The van der Waals surface area contributed by atoms with Crippen LogP contribution in [0.5, 0.6) is 0 Å². The van der Waals surface area contributed by atoms with Crippen LogP contribution in [0.25, 0.3) is 0 Å². The molecule has 1 atom stereocenters. The monoisotopic (exact) mass is 255 g/mol. The molecular formula is C14H19ClFN. The molecule has 1 unspecified atom stereocenters. The van der Waals surface area contributed by atoms with Crippen molar-refractivity contribution in [2.45, 2.75) is 45.1 Å². The molecule has 1 aromatic rings. The van der Waals surface area contributed by atoms with Crippen LogP contribution >= 0.6 is 11.6 Å². The van der Waals surface area contributed by atoms with Crippen molar-refractivity contribution in [3.63, 3.8) is 0 Å². The van der Waals surface area contributed by atoms with Gasteiger partial charge in [-0.3, -0.25) is 0 Å². The normalized spacial score (nSPS) is 27.4. The predicted molar refractivity (Wildman–Crippen MR) is 69.7 cm³/mol. The number of halogens is 2. The molecule has 1 saturated carbocycles. The maximum atomic E-state index is 13.4. The van der Waals surface area contributed by atoms with Gasteiger partial charge in [0, 0.05) is 5.54 Å². The Labute approximate surface area is 107 Å². The smallest absolute Gasteiger partial charge is 0.142 e.